The van der Waals surface area contributed by atoms with Crippen molar-refractivity contribution in [1.29, 1.82) is 0 Å². The van der Waals surface area contributed by atoms with Crippen LogP contribution >= 0.6 is 0 Å². The Balaban J connectivity index is 1.80. The van der Waals surface area contributed by atoms with Crippen molar-refractivity contribution in [3.63, 3.8) is 0 Å². The van der Waals surface area contributed by atoms with Crippen molar-refractivity contribution < 1.29 is 9.53 Å². The number of carbonyl (C=O) groups is 1. The number of hydrogen-bond acceptors (Lipinski definition) is 5. The zero-order valence-corrected chi connectivity index (χ0v) is 19.8. The molecule has 0 aliphatic carbocycles. The Morgan fingerprint density at radius 2 is 1.71 bits per heavy atom. The quantitative estimate of drug-likeness (QED) is 0.447. The zero-order chi connectivity index (χ0) is 24.9. The molecular formula is C27H26N4O4. The van der Waals surface area contributed by atoms with Gasteiger partial charge in [0.15, 0.2) is 0 Å². The maximum Gasteiger partial charge on any atom is 0.352 e. The molecule has 0 saturated heterocycles. The van der Waals surface area contributed by atoms with E-state index in [1.165, 1.54) is 0 Å². The van der Waals surface area contributed by atoms with Gasteiger partial charge in [-0.25, -0.2) is 4.79 Å². The van der Waals surface area contributed by atoms with Crippen LogP contribution in [0.2, 0.25) is 0 Å². The fraction of sp³-hybridized carbons (Fsp3) is 0.185. The Morgan fingerprint density at radius 1 is 1.00 bits per heavy atom. The summed E-state index contributed by atoms with van der Waals surface area (Å²) in [6.45, 7) is 3.70. The van der Waals surface area contributed by atoms with E-state index in [4.69, 9.17) is 4.74 Å². The molecule has 1 heterocycles. The molecule has 8 heteroatoms. The Morgan fingerprint density at radius 3 is 2.40 bits per heavy atom. The van der Waals surface area contributed by atoms with Crippen LogP contribution in [-0.4, -0.2) is 27.4 Å². The number of carbonyl (C=O) groups excluding carboxylic acids is 1. The van der Waals surface area contributed by atoms with Crippen LogP contribution in [0.1, 0.15) is 40.1 Å². The van der Waals surface area contributed by atoms with Crippen LogP contribution in [0.25, 0.3) is 5.69 Å². The minimum atomic E-state index is -0.765. The lowest BCUT2D eigenvalue weighted by molar-refractivity contribution is 0.0930. The van der Waals surface area contributed by atoms with Crippen molar-refractivity contribution >= 4 is 5.91 Å². The first kappa shape index (κ1) is 23.7. The summed E-state index contributed by atoms with van der Waals surface area (Å²) in [6, 6.07) is 23.2. The highest BCUT2D eigenvalue weighted by Gasteiger charge is 2.22. The van der Waals surface area contributed by atoms with Crippen molar-refractivity contribution in [2.75, 3.05) is 7.11 Å². The number of benzene rings is 3. The number of methoxy groups -OCH3 is 1. The molecule has 0 bridgehead atoms. The summed E-state index contributed by atoms with van der Waals surface area (Å²) in [5.74, 6) is -0.0651. The van der Waals surface area contributed by atoms with E-state index in [-0.39, 0.29) is 18.3 Å². The zero-order valence-electron chi connectivity index (χ0n) is 19.8. The molecule has 8 nitrogen and oxygen atoms in total. The number of rotatable bonds is 7. The fourth-order valence-electron chi connectivity index (χ4n) is 3.69. The van der Waals surface area contributed by atoms with Gasteiger partial charge in [-0.15, -0.1) is 0 Å². The molecule has 1 amide bonds. The molecule has 0 saturated carbocycles. The average molecular weight is 471 g/mol. The Kier molecular flexibility index (Phi) is 6.91. The van der Waals surface area contributed by atoms with Gasteiger partial charge >= 0.3 is 5.69 Å². The van der Waals surface area contributed by atoms with E-state index < -0.39 is 17.2 Å². The van der Waals surface area contributed by atoms with E-state index in [0.717, 1.165) is 20.4 Å². The van der Waals surface area contributed by atoms with Crippen LogP contribution in [0.4, 0.5) is 0 Å². The molecule has 1 N–H and O–H groups in total. The standard InChI is InChI=1S/C27H26N4O4/c1-18-12-14-22(15-13-18)31-27(34)30(17-20-8-7-11-23(16-20)35-3)26(33)24(29-31)25(32)28-19(2)21-9-5-4-6-10-21/h4-16,19H,17H2,1-3H3,(H,28,32)/t19-/m0/s1. The highest BCUT2D eigenvalue weighted by Crippen LogP contribution is 2.14. The Bertz CT molecular complexity index is 1460. The van der Waals surface area contributed by atoms with Crippen molar-refractivity contribution in [1.82, 2.24) is 19.7 Å². The number of nitrogens with zero attached hydrogens (tertiary/aromatic N) is 3. The third-order valence-corrected chi connectivity index (χ3v) is 5.68. The molecule has 0 aliphatic rings. The number of ether oxygens (including phenoxy) is 1. The van der Waals surface area contributed by atoms with E-state index in [9.17, 15) is 14.4 Å². The van der Waals surface area contributed by atoms with Crippen LogP contribution in [0.3, 0.4) is 0 Å². The number of amides is 1. The molecule has 1 atom stereocenters. The first-order valence-electron chi connectivity index (χ1n) is 11.2. The van der Waals surface area contributed by atoms with E-state index in [1.54, 1.807) is 43.5 Å². The SMILES string of the molecule is COc1cccc(Cn2c(=O)c(C(=O)N[C@@H](C)c3ccccc3)nn(-c3ccc(C)cc3)c2=O)c1. The first-order valence-corrected chi connectivity index (χ1v) is 11.2. The van der Waals surface area contributed by atoms with Crippen molar-refractivity contribution in [3.8, 4) is 11.4 Å². The van der Waals surface area contributed by atoms with Crippen LogP contribution in [0, 0.1) is 6.92 Å². The molecular weight excluding hydrogens is 444 g/mol. The van der Waals surface area contributed by atoms with Gasteiger partial charge in [0.1, 0.15) is 5.75 Å². The molecule has 35 heavy (non-hydrogen) atoms. The number of aromatic nitrogens is 3. The molecule has 4 rings (SSSR count). The van der Waals surface area contributed by atoms with Gasteiger partial charge in [0.05, 0.1) is 25.4 Å². The fourth-order valence-corrected chi connectivity index (χ4v) is 3.69. The third kappa shape index (κ3) is 5.22. The first-order chi connectivity index (χ1) is 16.9. The lowest BCUT2D eigenvalue weighted by atomic mass is 10.1. The summed E-state index contributed by atoms with van der Waals surface area (Å²) in [5, 5.41) is 7.01. The largest absolute Gasteiger partial charge is 0.497 e. The van der Waals surface area contributed by atoms with Crippen molar-refractivity contribution in [3.05, 3.63) is 122 Å². The smallest absolute Gasteiger partial charge is 0.352 e. The molecule has 1 aromatic heterocycles. The summed E-state index contributed by atoms with van der Waals surface area (Å²) in [5.41, 5.74) is 1.23. The van der Waals surface area contributed by atoms with E-state index in [2.05, 4.69) is 10.4 Å². The van der Waals surface area contributed by atoms with Gasteiger partial charge in [-0.2, -0.15) is 9.78 Å². The van der Waals surface area contributed by atoms with E-state index in [1.807, 2.05) is 56.3 Å². The Labute approximate surface area is 202 Å². The van der Waals surface area contributed by atoms with Crippen molar-refractivity contribution in [2.45, 2.75) is 26.4 Å². The third-order valence-electron chi connectivity index (χ3n) is 5.68. The molecule has 3 aromatic carbocycles. The van der Waals surface area contributed by atoms with Gasteiger partial charge in [-0.3, -0.25) is 14.2 Å². The minimum Gasteiger partial charge on any atom is -0.497 e. The molecule has 0 spiro atoms. The average Bonchev–Trinajstić information content (AvgIpc) is 2.88. The molecule has 0 radical (unpaired) electrons. The van der Waals surface area contributed by atoms with Crippen LogP contribution in [-0.2, 0) is 6.54 Å². The summed E-state index contributed by atoms with van der Waals surface area (Å²) >= 11 is 0. The second-order valence-electron chi connectivity index (χ2n) is 8.23. The summed E-state index contributed by atoms with van der Waals surface area (Å²) in [4.78, 5) is 39.9. The predicted molar refractivity (Wildman–Crippen MR) is 133 cm³/mol. The number of nitrogens with one attached hydrogen (secondary N) is 1. The topological polar surface area (TPSA) is 95.2 Å². The van der Waals surface area contributed by atoms with E-state index >= 15 is 0 Å². The van der Waals surface area contributed by atoms with E-state index in [0.29, 0.717) is 17.0 Å². The van der Waals surface area contributed by atoms with Gasteiger partial charge in [-0.1, -0.05) is 60.2 Å². The van der Waals surface area contributed by atoms with Gasteiger partial charge < -0.3 is 10.1 Å². The lowest BCUT2D eigenvalue weighted by Crippen LogP contribution is -2.46. The summed E-state index contributed by atoms with van der Waals surface area (Å²) in [7, 11) is 1.54. The summed E-state index contributed by atoms with van der Waals surface area (Å²) < 4.78 is 7.36. The van der Waals surface area contributed by atoms with Gasteiger partial charge in [0, 0.05) is 0 Å². The van der Waals surface area contributed by atoms with Crippen LogP contribution in [0.5, 0.6) is 5.75 Å². The monoisotopic (exact) mass is 470 g/mol. The minimum absolute atomic E-state index is 0.0439. The predicted octanol–water partition coefficient (Wildman–Crippen LogP) is 3.25. The Hall–Kier alpha value is -4.46. The number of hydrogen-bond donors (Lipinski definition) is 1. The maximum atomic E-state index is 13.4. The highest BCUT2D eigenvalue weighted by atomic mass is 16.5. The van der Waals surface area contributed by atoms with Crippen LogP contribution in [0.15, 0.2) is 88.5 Å². The van der Waals surface area contributed by atoms with Crippen LogP contribution < -0.4 is 21.3 Å². The summed E-state index contributed by atoms with van der Waals surface area (Å²) in [6.07, 6.45) is 0. The normalized spacial score (nSPS) is 11.6. The molecule has 0 unspecified atom stereocenters. The number of aryl methyl sites for hydroxylation is 1. The molecule has 178 valence electrons. The highest BCUT2D eigenvalue weighted by molar-refractivity contribution is 5.92. The lowest BCUT2D eigenvalue weighted by Gasteiger charge is -2.16. The van der Waals surface area contributed by atoms with Crippen molar-refractivity contribution in [2.24, 2.45) is 0 Å². The molecule has 4 aromatic rings. The van der Waals surface area contributed by atoms with Gasteiger partial charge in [0.25, 0.3) is 11.5 Å². The second kappa shape index (κ2) is 10.2. The molecule has 0 fully saturated rings. The second-order valence-corrected chi connectivity index (χ2v) is 8.23. The van der Waals surface area contributed by atoms with Gasteiger partial charge in [0.2, 0.25) is 5.69 Å². The maximum absolute atomic E-state index is 13.4. The molecule has 0 aliphatic heterocycles. The van der Waals surface area contributed by atoms with Gasteiger partial charge in [-0.05, 0) is 49.2 Å².